The van der Waals surface area contributed by atoms with Crippen LogP contribution in [0.25, 0.3) is 0 Å². The van der Waals surface area contributed by atoms with Crippen molar-refractivity contribution in [1.29, 1.82) is 0 Å². The Balaban J connectivity index is 3.00. The van der Waals surface area contributed by atoms with Crippen LogP contribution in [-0.2, 0) is 43.5 Å². The Morgan fingerprint density at radius 1 is 1.05 bits per heavy atom. The van der Waals surface area contributed by atoms with E-state index in [1.165, 1.54) is 0 Å². The minimum atomic E-state index is -2.86. The Morgan fingerprint density at radius 3 is 2.19 bits per heavy atom. The topological polar surface area (TPSA) is 71.9 Å². The highest BCUT2D eigenvalue weighted by molar-refractivity contribution is 8.07. The largest absolute Gasteiger partial charge is 0.406 e. The van der Waals surface area contributed by atoms with E-state index in [-0.39, 0.29) is 6.61 Å². The van der Waals surface area contributed by atoms with Gasteiger partial charge >= 0.3 is 6.72 Å². The summed E-state index contributed by atoms with van der Waals surface area (Å²) in [4.78, 5) is 8.53. The molecule has 0 aliphatic rings. The van der Waals surface area contributed by atoms with Crippen LogP contribution in [0.15, 0.2) is 6.07 Å². The van der Waals surface area contributed by atoms with Crippen molar-refractivity contribution in [3.8, 4) is 5.88 Å². The zero-order chi connectivity index (χ0) is 15.7. The summed E-state index contributed by atoms with van der Waals surface area (Å²) in [7, 11) is 3.15. The summed E-state index contributed by atoms with van der Waals surface area (Å²) in [5.41, 5.74) is 0.670. The number of rotatable bonds is 10. The number of nitrogens with zero attached hydrogens (tertiary/aromatic N) is 2. The van der Waals surface area contributed by atoms with Gasteiger partial charge in [0.2, 0.25) is 5.88 Å². The SMILES string of the molecule is CCOP(=S)(OCC)Oc1cc(COC)nc(COC)n1. The zero-order valence-electron chi connectivity index (χ0n) is 12.7. The predicted octanol–water partition coefficient (Wildman–Crippen LogP) is 2.45. The lowest BCUT2D eigenvalue weighted by molar-refractivity contribution is 0.168. The van der Waals surface area contributed by atoms with E-state index in [1.807, 2.05) is 13.8 Å². The maximum absolute atomic E-state index is 5.68. The lowest BCUT2D eigenvalue weighted by Gasteiger charge is -2.20. The van der Waals surface area contributed by atoms with E-state index >= 15 is 0 Å². The second kappa shape index (κ2) is 9.40. The van der Waals surface area contributed by atoms with Gasteiger partial charge in [-0.3, -0.25) is 9.05 Å². The molecular weight excluding hydrogens is 315 g/mol. The Kier molecular flexibility index (Phi) is 8.24. The molecule has 21 heavy (non-hydrogen) atoms. The molecule has 0 N–H and O–H groups in total. The second-order valence-electron chi connectivity index (χ2n) is 3.85. The summed E-state index contributed by atoms with van der Waals surface area (Å²) in [5.74, 6) is 0.783. The summed E-state index contributed by atoms with van der Waals surface area (Å²) < 4.78 is 26.7. The summed E-state index contributed by atoms with van der Waals surface area (Å²) >= 11 is 5.32. The van der Waals surface area contributed by atoms with Gasteiger partial charge in [-0.05, 0) is 13.8 Å². The van der Waals surface area contributed by atoms with Crippen molar-refractivity contribution in [3.05, 3.63) is 17.6 Å². The first-order chi connectivity index (χ1) is 10.1. The molecule has 0 unspecified atom stereocenters. The van der Waals surface area contributed by atoms with Crippen LogP contribution >= 0.6 is 6.72 Å². The van der Waals surface area contributed by atoms with Crippen molar-refractivity contribution < 1.29 is 23.0 Å². The first-order valence-corrected chi connectivity index (χ1v) is 9.05. The number of hydrogen-bond acceptors (Lipinski definition) is 8. The van der Waals surface area contributed by atoms with Crippen LogP contribution in [0.3, 0.4) is 0 Å². The molecule has 1 rings (SSSR count). The standard InChI is InChI=1S/C12H21N2O5PS/c1-5-17-20(21,18-6-2)19-12-7-10(8-15-3)13-11(14-12)9-16-4/h7H,5-6,8-9H2,1-4H3. The fourth-order valence-corrected chi connectivity index (χ4v) is 3.50. The molecule has 1 heterocycles. The Bertz CT molecular complexity index is 454. The van der Waals surface area contributed by atoms with Crippen molar-refractivity contribution in [2.45, 2.75) is 27.1 Å². The van der Waals surface area contributed by atoms with E-state index < -0.39 is 6.72 Å². The highest BCUT2D eigenvalue weighted by atomic mass is 32.5. The van der Waals surface area contributed by atoms with E-state index in [4.69, 9.17) is 34.9 Å². The lowest BCUT2D eigenvalue weighted by Crippen LogP contribution is -2.07. The van der Waals surface area contributed by atoms with Gasteiger partial charge in [-0.1, -0.05) is 0 Å². The summed E-state index contributed by atoms with van der Waals surface area (Å²) in [5, 5.41) is 0. The van der Waals surface area contributed by atoms with Gasteiger partial charge in [0.15, 0.2) is 5.82 Å². The quantitative estimate of drug-likeness (QED) is 0.603. The summed E-state index contributed by atoms with van der Waals surface area (Å²) in [6.07, 6.45) is 0. The maximum Gasteiger partial charge on any atom is 0.381 e. The highest BCUT2D eigenvalue weighted by Gasteiger charge is 2.22. The molecule has 0 fully saturated rings. The van der Waals surface area contributed by atoms with Gasteiger partial charge in [0, 0.05) is 32.1 Å². The van der Waals surface area contributed by atoms with Crippen LogP contribution < -0.4 is 4.52 Å². The van der Waals surface area contributed by atoms with Crippen LogP contribution in [0.2, 0.25) is 0 Å². The molecular formula is C12H21N2O5PS. The van der Waals surface area contributed by atoms with Gasteiger partial charge in [0.25, 0.3) is 0 Å². The lowest BCUT2D eigenvalue weighted by atomic mass is 10.4. The molecule has 0 aliphatic heterocycles. The highest BCUT2D eigenvalue weighted by Crippen LogP contribution is 2.49. The Labute approximate surface area is 130 Å². The van der Waals surface area contributed by atoms with E-state index in [0.717, 1.165) is 0 Å². The van der Waals surface area contributed by atoms with E-state index in [2.05, 4.69) is 9.97 Å². The van der Waals surface area contributed by atoms with Crippen molar-refractivity contribution in [2.24, 2.45) is 0 Å². The van der Waals surface area contributed by atoms with Crippen molar-refractivity contribution in [3.63, 3.8) is 0 Å². The first kappa shape index (κ1) is 18.4. The predicted molar refractivity (Wildman–Crippen MR) is 81.6 cm³/mol. The van der Waals surface area contributed by atoms with Crippen molar-refractivity contribution in [1.82, 2.24) is 9.97 Å². The third kappa shape index (κ3) is 6.34. The van der Waals surface area contributed by atoms with E-state index in [0.29, 0.717) is 37.2 Å². The van der Waals surface area contributed by atoms with Crippen molar-refractivity contribution in [2.75, 3.05) is 27.4 Å². The molecule has 120 valence electrons. The summed E-state index contributed by atoms with van der Waals surface area (Å²) in [6, 6.07) is 1.65. The van der Waals surface area contributed by atoms with Crippen LogP contribution in [0.4, 0.5) is 0 Å². The van der Waals surface area contributed by atoms with Crippen LogP contribution in [0.5, 0.6) is 5.88 Å². The maximum atomic E-state index is 5.68. The van der Waals surface area contributed by atoms with Crippen molar-refractivity contribution >= 4 is 18.5 Å². The molecule has 0 spiro atoms. The number of methoxy groups -OCH3 is 2. The van der Waals surface area contributed by atoms with E-state index in [9.17, 15) is 0 Å². The normalized spacial score (nSPS) is 11.6. The molecule has 0 bridgehead atoms. The molecule has 0 aromatic carbocycles. The van der Waals surface area contributed by atoms with Gasteiger partial charge in [0.05, 0.1) is 25.5 Å². The van der Waals surface area contributed by atoms with Gasteiger partial charge in [-0.25, -0.2) is 4.98 Å². The van der Waals surface area contributed by atoms with Gasteiger partial charge in [-0.2, -0.15) is 4.98 Å². The fraction of sp³-hybridized carbons (Fsp3) is 0.667. The Morgan fingerprint density at radius 2 is 1.67 bits per heavy atom. The van der Waals surface area contributed by atoms with Crippen LogP contribution in [0, 0.1) is 0 Å². The molecule has 7 nitrogen and oxygen atoms in total. The number of ether oxygens (including phenoxy) is 2. The van der Waals surface area contributed by atoms with Crippen LogP contribution in [0.1, 0.15) is 25.4 Å². The molecule has 0 radical (unpaired) electrons. The first-order valence-electron chi connectivity index (χ1n) is 6.50. The minimum Gasteiger partial charge on any atom is -0.406 e. The molecule has 0 saturated heterocycles. The van der Waals surface area contributed by atoms with Crippen LogP contribution in [-0.4, -0.2) is 37.4 Å². The molecule has 1 aromatic rings. The van der Waals surface area contributed by atoms with Gasteiger partial charge in [-0.15, -0.1) is 0 Å². The Hall–Kier alpha value is -0.630. The molecule has 0 amide bonds. The molecule has 0 aliphatic carbocycles. The monoisotopic (exact) mass is 336 g/mol. The average molecular weight is 336 g/mol. The third-order valence-corrected chi connectivity index (χ3v) is 4.56. The molecule has 9 heteroatoms. The van der Waals surface area contributed by atoms with Gasteiger partial charge in [0.1, 0.15) is 6.61 Å². The average Bonchev–Trinajstić information content (AvgIpc) is 2.39. The third-order valence-electron chi connectivity index (χ3n) is 2.15. The zero-order valence-corrected chi connectivity index (χ0v) is 14.4. The fourth-order valence-electron chi connectivity index (χ4n) is 1.51. The smallest absolute Gasteiger partial charge is 0.381 e. The van der Waals surface area contributed by atoms with E-state index in [1.54, 1.807) is 20.3 Å². The number of aromatic nitrogens is 2. The summed E-state index contributed by atoms with van der Waals surface area (Å²) in [6.45, 7) is 2.20. The van der Waals surface area contributed by atoms with Gasteiger partial charge < -0.3 is 14.0 Å². The molecule has 1 aromatic heterocycles. The minimum absolute atomic E-state index is 0.264. The molecule has 0 saturated carbocycles. The molecule has 0 atom stereocenters. The number of hydrogen-bond donors (Lipinski definition) is 0. The second-order valence-corrected chi connectivity index (χ2v) is 6.79.